The van der Waals surface area contributed by atoms with Crippen LogP contribution in [0.1, 0.15) is 65.2 Å². The molecule has 0 radical (unpaired) electrons. The maximum atomic E-state index is 5.96. The van der Waals surface area contributed by atoms with Crippen molar-refractivity contribution in [2.75, 3.05) is 13.2 Å². The highest BCUT2D eigenvalue weighted by Gasteiger charge is 2.27. The molecule has 0 atom stereocenters. The highest BCUT2D eigenvalue weighted by Crippen LogP contribution is 2.37. The van der Waals surface area contributed by atoms with E-state index in [0.717, 1.165) is 19.3 Å². The maximum absolute atomic E-state index is 5.96. The molecule has 2 aliphatic carbocycles. The lowest BCUT2D eigenvalue weighted by molar-refractivity contribution is 0.210. The third-order valence-electron chi connectivity index (χ3n) is 4.68. The minimum Gasteiger partial charge on any atom is -0.397 e. The summed E-state index contributed by atoms with van der Waals surface area (Å²) in [5, 5.41) is 0. The van der Waals surface area contributed by atoms with Crippen LogP contribution < -0.4 is 0 Å². The first-order chi connectivity index (χ1) is 10.3. The average molecular weight is 309 g/mol. The molecule has 120 valence electrons. The summed E-state index contributed by atoms with van der Waals surface area (Å²) in [7, 11) is -1.52. The van der Waals surface area contributed by atoms with E-state index < -0.39 is 9.28 Å². The van der Waals surface area contributed by atoms with Crippen LogP contribution in [0.2, 0.25) is 6.04 Å². The lowest BCUT2D eigenvalue weighted by Crippen LogP contribution is -2.28. The third-order valence-corrected chi connectivity index (χ3v) is 6.95. The zero-order valence-electron chi connectivity index (χ0n) is 13.9. The van der Waals surface area contributed by atoms with Crippen molar-refractivity contribution in [3.05, 3.63) is 23.3 Å². The fourth-order valence-corrected chi connectivity index (χ4v) is 5.75. The van der Waals surface area contributed by atoms with E-state index in [9.17, 15) is 0 Å². The van der Waals surface area contributed by atoms with Gasteiger partial charge in [-0.3, -0.25) is 0 Å². The molecule has 0 heterocycles. The molecule has 0 N–H and O–H groups in total. The molecule has 0 spiro atoms. The van der Waals surface area contributed by atoms with E-state index >= 15 is 0 Å². The van der Waals surface area contributed by atoms with Gasteiger partial charge in [0.15, 0.2) is 0 Å². The summed E-state index contributed by atoms with van der Waals surface area (Å²) in [4.78, 5) is 0. The van der Waals surface area contributed by atoms with Crippen LogP contribution in [0.25, 0.3) is 0 Å². The van der Waals surface area contributed by atoms with E-state index in [1.807, 2.05) is 0 Å². The largest absolute Gasteiger partial charge is 0.397 e. The molecule has 2 nitrogen and oxygen atoms in total. The summed E-state index contributed by atoms with van der Waals surface area (Å²) in [6, 6.07) is 1.14. The van der Waals surface area contributed by atoms with E-state index in [1.165, 1.54) is 51.4 Å². The van der Waals surface area contributed by atoms with Crippen molar-refractivity contribution in [1.82, 2.24) is 0 Å². The molecule has 21 heavy (non-hydrogen) atoms. The van der Waals surface area contributed by atoms with Crippen molar-refractivity contribution in [2.24, 2.45) is 5.92 Å². The second-order valence-corrected chi connectivity index (χ2v) is 8.18. The average Bonchev–Trinajstić information content (AvgIpc) is 2.54. The quantitative estimate of drug-likeness (QED) is 0.469. The first-order valence-electron chi connectivity index (χ1n) is 8.96. The van der Waals surface area contributed by atoms with Crippen LogP contribution in [0, 0.1) is 5.92 Å². The monoisotopic (exact) mass is 308 g/mol. The van der Waals surface area contributed by atoms with Crippen molar-refractivity contribution >= 4 is 9.28 Å². The van der Waals surface area contributed by atoms with Crippen LogP contribution in [-0.4, -0.2) is 22.5 Å². The van der Waals surface area contributed by atoms with Gasteiger partial charge in [0, 0.05) is 19.1 Å². The van der Waals surface area contributed by atoms with Gasteiger partial charge >= 0.3 is 9.28 Å². The van der Waals surface area contributed by atoms with Crippen LogP contribution in [0.3, 0.4) is 0 Å². The summed E-state index contributed by atoms with van der Waals surface area (Å²) in [5.41, 5.74) is 3.37. The van der Waals surface area contributed by atoms with Gasteiger partial charge in [-0.25, -0.2) is 0 Å². The zero-order valence-corrected chi connectivity index (χ0v) is 15.1. The summed E-state index contributed by atoms with van der Waals surface area (Å²) < 4.78 is 11.9. The van der Waals surface area contributed by atoms with Gasteiger partial charge < -0.3 is 8.85 Å². The highest BCUT2D eigenvalue weighted by molar-refractivity contribution is 6.44. The van der Waals surface area contributed by atoms with Crippen molar-refractivity contribution in [3.63, 3.8) is 0 Å². The van der Waals surface area contributed by atoms with Crippen LogP contribution in [0.4, 0.5) is 0 Å². The first-order valence-corrected chi connectivity index (χ1v) is 10.7. The third kappa shape index (κ3) is 5.39. The van der Waals surface area contributed by atoms with Crippen molar-refractivity contribution in [2.45, 2.75) is 71.3 Å². The molecule has 2 aliphatic rings. The normalized spacial score (nSPS) is 19.8. The molecular formula is C18H32O2Si. The fraction of sp³-hybridized carbons (Fsp3) is 0.778. The van der Waals surface area contributed by atoms with E-state index in [1.54, 1.807) is 11.1 Å². The molecule has 0 aliphatic heterocycles. The van der Waals surface area contributed by atoms with Crippen LogP contribution in [0.15, 0.2) is 23.3 Å². The molecule has 0 aromatic heterocycles. The Balaban J connectivity index is 2.10. The number of rotatable bonds is 8. The van der Waals surface area contributed by atoms with Gasteiger partial charge in [-0.15, -0.1) is 0 Å². The molecule has 0 aromatic rings. The number of hydrogen-bond acceptors (Lipinski definition) is 2. The summed E-state index contributed by atoms with van der Waals surface area (Å²) >= 11 is 0. The lowest BCUT2D eigenvalue weighted by atomic mass is 9.81. The molecule has 3 heteroatoms. The van der Waals surface area contributed by atoms with Crippen LogP contribution >= 0.6 is 0 Å². The van der Waals surface area contributed by atoms with E-state index in [-0.39, 0.29) is 0 Å². The Bertz CT molecular complexity index is 330. The predicted octanol–water partition coefficient (Wildman–Crippen LogP) is 4.90. The molecule has 0 fully saturated rings. The van der Waals surface area contributed by atoms with Gasteiger partial charge in [0.2, 0.25) is 0 Å². The van der Waals surface area contributed by atoms with Crippen molar-refractivity contribution in [1.29, 1.82) is 0 Å². The molecule has 2 rings (SSSR count). The maximum Gasteiger partial charge on any atom is 0.322 e. The Hall–Kier alpha value is -0.383. The van der Waals surface area contributed by atoms with Crippen LogP contribution in [0.5, 0.6) is 0 Å². The molecule has 0 saturated heterocycles. The Morgan fingerprint density at radius 1 is 0.905 bits per heavy atom. The highest BCUT2D eigenvalue weighted by atomic mass is 28.3. The SMILES string of the molecule is CCO[SiH](CC(C1=CCCCC1)C1=CCCCC1)OCC. The molecule has 0 saturated carbocycles. The van der Waals surface area contributed by atoms with Crippen molar-refractivity contribution in [3.8, 4) is 0 Å². The molecular weight excluding hydrogens is 276 g/mol. The van der Waals surface area contributed by atoms with E-state index in [2.05, 4.69) is 26.0 Å². The zero-order chi connectivity index (χ0) is 14.9. The topological polar surface area (TPSA) is 18.5 Å². The second-order valence-electron chi connectivity index (χ2n) is 6.18. The van der Waals surface area contributed by atoms with Crippen molar-refractivity contribution < 1.29 is 8.85 Å². The lowest BCUT2D eigenvalue weighted by Gasteiger charge is -2.30. The fourth-order valence-electron chi connectivity index (χ4n) is 3.65. The summed E-state index contributed by atoms with van der Waals surface area (Å²) in [6.45, 7) is 5.77. The summed E-state index contributed by atoms with van der Waals surface area (Å²) in [5.74, 6) is 0.625. The number of hydrogen-bond donors (Lipinski definition) is 0. The first kappa shape index (κ1) is 17.0. The second kappa shape index (κ2) is 9.60. The van der Waals surface area contributed by atoms with Gasteiger partial charge in [-0.1, -0.05) is 23.3 Å². The Morgan fingerprint density at radius 2 is 1.43 bits per heavy atom. The number of allylic oxidation sites excluding steroid dienone is 4. The minimum absolute atomic E-state index is 0.625. The smallest absolute Gasteiger partial charge is 0.322 e. The van der Waals surface area contributed by atoms with E-state index in [0.29, 0.717) is 5.92 Å². The van der Waals surface area contributed by atoms with Gasteiger partial charge in [0.05, 0.1) is 0 Å². The van der Waals surface area contributed by atoms with Gasteiger partial charge in [0.1, 0.15) is 0 Å². The summed E-state index contributed by atoms with van der Waals surface area (Å²) in [6.07, 6.45) is 15.6. The standard InChI is InChI=1S/C18H32O2Si/c1-3-19-21(20-4-2)15-18(16-11-7-5-8-12-16)17-13-9-6-10-14-17/h11,13,18,21H,3-10,12,14-15H2,1-2H3. The van der Waals surface area contributed by atoms with Gasteiger partial charge in [0.25, 0.3) is 0 Å². The van der Waals surface area contributed by atoms with Gasteiger partial charge in [-0.05, 0) is 71.3 Å². The minimum atomic E-state index is -1.52. The molecule has 0 unspecified atom stereocenters. The Morgan fingerprint density at radius 3 is 1.81 bits per heavy atom. The molecule has 0 amide bonds. The Kier molecular flexibility index (Phi) is 7.76. The Labute approximate surface area is 132 Å². The molecule has 0 bridgehead atoms. The predicted molar refractivity (Wildman–Crippen MR) is 91.8 cm³/mol. The van der Waals surface area contributed by atoms with Gasteiger partial charge in [-0.2, -0.15) is 0 Å². The van der Waals surface area contributed by atoms with E-state index in [4.69, 9.17) is 8.85 Å². The molecule has 0 aromatic carbocycles. The van der Waals surface area contributed by atoms with Crippen LogP contribution in [-0.2, 0) is 8.85 Å².